The third-order valence-corrected chi connectivity index (χ3v) is 12.7. The summed E-state index contributed by atoms with van der Waals surface area (Å²) in [5.41, 5.74) is 0. The van der Waals surface area contributed by atoms with Crippen molar-refractivity contribution in [1.29, 1.82) is 0 Å². The molecule has 0 bridgehead atoms. The summed E-state index contributed by atoms with van der Waals surface area (Å²) in [7, 11) is -1.01. The molecule has 0 aromatic carbocycles. The van der Waals surface area contributed by atoms with Crippen LogP contribution in [0.5, 0.6) is 0 Å². The lowest BCUT2D eigenvalue weighted by atomic mass is 10.1. The average Bonchev–Trinajstić information content (AvgIpc) is 2.76. The molecular weight excluding hydrogens is 408 g/mol. The van der Waals surface area contributed by atoms with E-state index in [4.69, 9.17) is 0 Å². The van der Waals surface area contributed by atoms with Gasteiger partial charge in [-0.15, -0.1) is 0 Å². The third kappa shape index (κ3) is 23.5. The zero-order valence-corrected chi connectivity index (χ0v) is 24.2. The highest BCUT2D eigenvalue weighted by Crippen LogP contribution is 2.28. The highest BCUT2D eigenvalue weighted by molar-refractivity contribution is 7.80. The minimum absolute atomic E-state index is 1.01. The first-order valence-electron chi connectivity index (χ1n) is 14.8. The van der Waals surface area contributed by atoms with Gasteiger partial charge >= 0.3 is 0 Å². The minimum atomic E-state index is -1.01. The quantitative estimate of drug-likeness (QED) is 0.0725. The fraction of sp³-hybridized carbons (Fsp3) is 1.00. The van der Waals surface area contributed by atoms with E-state index in [1.807, 2.05) is 0 Å². The maximum Gasteiger partial charge on any atom is 0.0512 e. The van der Waals surface area contributed by atoms with Crippen LogP contribution in [0.4, 0.5) is 0 Å². The number of hydrogen-bond acceptors (Lipinski definition) is 1. The molecule has 0 aromatic rings. The first-order valence-corrected chi connectivity index (χ1v) is 18.5. The van der Waals surface area contributed by atoms with E-state index in [-0.39, 0.29) is 0 Å². The van der Waals surface area contributed by atoms with Crippen LogP contribution in [0.25, 0.3) is 0 Å². The van der Waals surface area contributed by atoms with Gasteiger partial charge in [-0.2, -0.15) is 12.6 Å². The van der Waals surface area contributed by atoms with Crippen LogP contribution in [0.2, 0.25) is 24.7 Å². The molecule has 31 heavy (non-hydrogen) atoms. The lowest BCUT2D eigenvalue weighted by Crippen LogP contribution is -2.30. The molecule has 0 aliphatic heterocycles. The minimum Gasteiger partial charge on any atom is -0.180 e. The van der Waals surface area contributed by atoms with E-state index >= 15 is 0 Å². The molecule has 0 aliphatic carbocycles. The molecule has 0 N–H and O–H groups in total. The van der Waals surface area contributed by atoms with E-state index in [1.165, 1.54) is 147 Å². The second-order valence-corrected chi connectivity index (χ2v) is 16.4. The lowest BCUT2D eigenvalue weighted by molar-refractivity contribution is 0.551. The van der Waals surface area contributed by atoms with Gasteiger partial charge in [-0.1, -0.05) is 174 Å². The predicted molar refractivity (Wildman–Crippen MR) is 153 cm³/mol. The molecule has 0 rings (SSSR count). The van der Waals surface area contributed by atoms with Crippen molar-refractivity contribution in [1.82, 2.24) is 0 Å². The van der Waals surface area contributed by atoms with Gasteiger partial charge in [0.1, 0.15) is 0 Å². The summed E-state index contributed by atoms with van der Waals surface area (Å²) in [6, 6.07) is 4.59. The second-order valence-electron chi connectivity index (χ2n) is 10.9. The van der Waals surface area contributed by atoms with Crippen molar-refractivity contribution >= 4 is 20.7 Å². The van der Waals surface area contributed by atoms with Gasteiger partial charge in [0.25, 0.3) is 0 Å². The van der Waals surface area contributed by atoms with Crippen molar-refractivity contribution < 1.29 is 0 Å². The molecule has 188 valence electrons. The van der Waals surface area contributed by atoms with Gasteiger partial charge in [-0.3, -0.25) is 0 Å². The van der Waals surface area contributed by atoms with E-state index in [2.05, 4.69) is 33.0 Å². The molecule has 2 heteroatoms. The smallest absolute Gasteiger partial charge is 0.0512 e. The van der Waals surface area contributed by atoms with Crippen LogP contribution >= 0.6 is 12.6 Å². The fourth-order valence-corrected chi connectivity index (χ4v) is 10.2. The Balaban J connectivity index is 3.58. The normalized spacial score (nSPS) is 12.0. The van der Waals surface area contributed by atoms with E-state index < -0.39 is 8.07 Å². The van der Waals surface area contributed by atoms with E-state index in [0.29, 0.717) is 0 Å². The van der Waals surface area contributed by atoms with Gasteiger partial charge < -0.3 is 0 Å². The number of thiol groups is 1. The van der Waals surface area contributed by atoms with Crippen LogP contribution < -0.4 is 0 Å². The molecular formula is C29H62SSi. The van der Waals surface area contributed by atoms with Gasteiger partial charge in [0, 0.05) is 0 Å². The van der Waals surface area contributed by atoms with Crippen LogP contribution in [-0.4, -0.2) is 13.8 Å². The van der Waals surface area contributed by atoms with Gasteiger partial charge in [0.15, 0.2) is 0 Å². The van der Waals surface area contributed by atoms with Crippen LogP contribution in [0.1, 0.15) is 155 Å². The summed E-state index contributed by atoms with van der Waals surface area (Å²) in [6.07, 6.45) is 32.3. The summed E-state index contributed by atoms with van der Waals surface area (Å²) in [4.78, 5) is 0. The summed E-state index contributed by atoms with van der Waals surface area (Å²) in [6.45, 7) is 7.31. The summed E-state index contributed by atoms with van der Waals surface area (Å²) < 4.78 is 0. The van der Waals surface area contributed by atoms with E-state index in [1.54, 1.807) is 12.1 Å². The number of rotatable bonds is 26. The van der Waals surface area contributed by atoms with Crippen LogP contribution in [0, 0.1) is 0 Å². The molecule has 0 spiro atoms. The van der Waals surface area contributed by atoms with E-state index in [9.17, 15) is 0 Å². The second kappa shape index (κ2) is 25.2. The Kier molecular flexibility index (Phi) is 25.7. The zero-order chi connectivity index (χ0) is 22.9. The summed E-state index contributed by atoms with van der Waals surface area (Å²) in [5.74, 6) is 1.12. The zero-order valence-electron chi connectivity index (χ0n) is 22.3. The van der Waals surface area contributed by atoms with Crippen molar-refractivity contribution in [2.45, 2.75) is 180 Å². The SMILES string of the molecule is CCCCCCCCCCCCC[Si](C)(CCS)CCCCCCCCCCCCC. The third-order valence-electron chi connectivity index (χ3n) is 7.48. The van der Waals surface area contributed by atoms with Gasteiger partial charge in [-0.25, -0.2) is 0 Å². The Bertz CT molecular complexity index is 305. The first-order chi connectivity index (χ1) is 15.2. The molecule has 0 amide bonds. The fourth-order valence-electron chi connectivity index (χ4n) is 5.08. The first kappa shape index (κ1) is 31.6. The van der Waals surface area contributed by atoms with Crippen molar-refractivity contribution in [2.75, 3.05) is 5.75 Å². The van der Waals surface area contributed by atoms with Crippen LogP contribution in [-0.2, 0) is 0 Å². The molecule has 0 aliphatic rings. The number of hydrogen-bond donors (Lipinski definition) is 1. The molecule has 0 nitrogen and oxygen atoms in total. The van der Waals surface area contributed by atoms with Crippen LogP contribution in [0.3, 0.4) is 0 Å². The Morgan fingerprint density at radius 3 is 0.903 bits per heavy atom. The molecule has 0 saturated carbocycles. The average molecular weight is 471 g/mol. The molecule has 0 aromatic heterocycles. The van der Waals surface area contributed by atoms with Crippen LogP contribution in [0.15, 0.2) is 0 Å². The summed E-state index contributed by atoms with van der Waals surface area (Å²) in [5, 5.41) is 0. The molecule has 0 unspecified atom stereocenters. The van der Waals surface area contributed by atoms with Gasteiger partial charge in [-0.05, 0) is 11.8 Å². The standard InChI is InChI=1S/C29H62SSi/c1-4-6-8-10-12-14-16-18-20-22-24-27-31(3,29-26-30)28-25-23-21-19-17-15-13-11-9-7-5-2/h30H,4-29H2,1-3H3. The monoisotopic (exact) mass is 470 g/mol. The Hall–Kier alpha value is 0.567. The maximum absolute atomic E-state index is 4.61. The Morgan fingerprint density at radius 2 is 0.645 bits per heavy atom. The van der Waals surface area contributed by atoms with Gasteiger partial charge in [0.05, 0.1) is 8.07 Å². The maximum atomic E-state index is 4.61. The van der Waals surface area contributed by atoms with Crippen molar-refractivity contribution in [3.63, 3.8) is 0 Å². The molecule has 0 saturated heterocycles. The van der Waals surface area contributed by atoms with Crippen molar-refractivity contribution in [3.05, 3.63) is 0 Å². The topological polar surface area (TPSA) is 0 Å². The molecule has 0 radical (unpaired) electrons. The predicted octanol–water partition coefficient (Wildman–Crippen LogP) is 11.6. The molecule has 0 fully saturated rings. The van der Waals surface area contributed by atoms with E-state index in [0.717, 1.165) is 5.75 Å². The van der Waals surface area contributed by atoms with Crippen molar-refractivity contribution in [2.24, 2.45) is 0 Å². The van der Waals surface area contributed by atoms with Gasteiger partial charge in [0.2, 0.25) is 0 Å². The summed E-state index contributed by atoms with van der Waals surface area (Å²) >= 11 is 4.61. The Morgan fingerprint density at radius 1 is 0.387 bits per heavy atom. The Labute approximate surface area is 205 Å². The number of unbranched alkanes of at least 4 members (excludes halogenated alkanes) is 20. The largest absolute Gasteiger partial charge is 0.180 e. The lowest BCUT2D eigenvalue weighted by Gasteiger charge is -2.27. The highest BCUT2D eigenvalue weighted by Gasteiger charge is 2.24. The molecule has 0 heterocycles. The highest BCUT2D eigenvalue weighted by atomic mass is 32.1. The van der Waals surface area contributed by atoms with Crippen molar-refractivity contribution in [3.8, 4) is 0 Å². The molecule has 0 atom stereocenters.